The molecule has 5 aromatic rings. The molecule has 0 aliphatic heterocycles. The Hall–Kier alpha value is -4.71. The van der Waals surface area contributed by atoms with E-state index < -0.39 is 0 Å². The summed E-state index contributed by atoms with van der Waals surface area (Å²) in [5.41, 5.74) is 6.52. The molecule has 0 aliphatic rings. The average Bonchev–Trinajstić information content (AvgIpc) is 3.40. The van der Waals surface area contributed by atoms with Crippen LogP contribution in [0.5, 0.6) is 0 Å². The summed E-state index contributed by atoms with van der Waals surface area (Å²) in [7, 11) is 0. The first-order valence-electron chi connectivity index (χ1n) is 13.8. The lowest BCUT2D eigenvalue weighted by molar-refractivity contribution is -0.132. The van der Waals surface area contributed by atoms with E-state index in [0.717, 1.165) is 38.7 Å². The van der Waals surface area contributed by atoms with Gasteiger partial charge in [-0.05, 0) is 66.8 Å². The molecule has 0 fully saturated rings. The monoisotopic (exact) mass is 547 g/mol. The van der Waals surface area contributed by atoms with Crippen molar-refractivity contribution in [1.82, 2.24) is 14.8 Å². The summed E-state index contributed by atoms with van der Waals surface area (Å²) in [5, 5.41) is 1.14. The van der Waals surface area contributed by atoms with Gasteiger partial charge in [0.25, 0.3) is 5.91 Å². The highest BCUT2D eigenvalue weighted by molar-refractivity contribution is 5.97. The van der Waals surface area contributed by atoms with Crippen molar-refractivity contribution in [2.45, 2.75) is 33.4 Å². The number of hydrogen-bond donors (Lipinski definition) is 1. The van der Waals surface area contributed by atoms with Crippen molar-refractivity contribution in [1.29, 1.82) is 0 Å². The molecule has 208 valence electrons. The van der Waals surface area contributed by atoms with Crippen molar-refractivity contribution >= 4 is 22.7 Å². The van der Waals surface area contributed by atoms with Crippen molar-refractivity contribution in [3.05, 3.63) is 142 Å². The van der Waals surface area contributed by atoms with Gasteiger partial charge in [-0.25, -0.2) is 4.39 Å². The van der Waals surface area contributed by atoms with E-state index in [9.17, 15) is 14.0 Å². The number of halogens is 1. The predicted octanol–water partition coefficient (Wildman–Crippen LogP) is 6.84. The van der Waals surface area contributed by atoms with Crippen LogP contribution in [0.4, 0.5) is 4.39 Å². The lowest BCUT2D eigenvalue weighted by Crippen LogP contribution is -2.43. The van der Waals surface area contributed by atoms with Crippen LogP contribution >= 0.6 is 0 Å². The van der Waals surface area contributed by atoms with Gasteiger partial charge >= 0.3 is 0 Å². The maximum Gasteiger partial charge on any atom is 0.254 e. The molecule has 41 heavy (non-hydrogen) atoms. The lowest BCUT2D eigenvalue weighted by Gasteiger charge is -2.28. The molecule has 0 radical (unpaired) electrons. The van der Waals surface area contributed by atoms with E-state index in [1.807, 2.05) is 85.6 Å². The zero-order chi connectivity index (χ0) is 28.8. The van der Waals surface area contributed by atoms with E-state index in [0.29, 0.717) is 25.1 Å². The molecule has 4 aromatic carbocycles. The maximum atomic E-state index is 14.0. The molecule has 0 aliphatic carbocycles. The number of amides is 2. The van der Waals surface area contributed by atoms with Crippen LogP contribution in [0.1, 0.15) is 38.2 Å². The molecule has 0 unspecified atom stereocenters. The minimum atomic E-state index is -0.344. The second-order valence-electron chi connectivity index (χ2n) is 10.5. The number of hydrogen-bond acceptors (Lipinski definition) is 2. The molecule has 1 aromatic heterocycles. The molecule has 0 saturated heterocycles. The highest BCUT2D eigenvalue weighted by atomic mass is 19.1. The number of nitrogens with one attached hydrogen (secondary N) is 1. The number of nitrogens with zero attached hydrogens (tertiary/aromatic N) is 2. The van der Waals surface area contributed by atoms with E-state index in [4.69, 9.17) is 0 Å². The fourth-order valence-corrected chi connectivity index (χ4v) is 5.06. The van der Waals surface area contributed by atoms with Gasteiger partial charge in [-0.3, -0.25) is 9.59 Å². The standard InChI is InChI=1S/C35H34FN3O2/c1-25-11-13-27(14-12-25)22-38(20-19-29-21-37-33-10-6-5-9-32(29)33)34(40)24-39(23-28-15-17-30(36)18-16-28)35(41)31-8-4-3-7-26(31)2/h3-18,21,37H,19-20,22-24H2,1-2H3. The van der Waals surface area contributed by atoms with Gasteiger partial charge in [0.05, 0.1) is 0 Å². The number of rotatable bonds is 10. The number of aromatic nitrogens is 1. The lowest BCUT2D eigenvalue weighted by atomic mass is 10.1. The summed E-state index contributed by atoms with van der Waals surface area (Å²) >= 11 is 0. The molecule has 5 rings (SSSR count). The quantitative estimate of drug-likeness (QED) is 0.208. The Balaban J connectivity index is 1.41. The summed E-state index contributed by atoms with van der Waals surface area (Å²) < 4.78 is 13.6. The number of para-hydroxylation sites is 1. The first kappa shape index (κ1) is 27.8. The first-order valence-corrected chi connectivity index (χ1v) is 13.8. The summed E-state index contributed by atoms with van der Waals surface area (Å²) in [6.45, 7) is 4.95. The number of carbonyl (C=O) groups is 2. The van der Waals surface area contributed by atoms with Gasteiger partial charge in [-0.1, -0.05) is 78.4 Å². The van der Waals surface area contributed by atoms with E-state index in [1.165, 1.54) is 12.1 Å². The molecule has 0 spiro atoms. The summed E-state index contributed by atoms with van der Waals surface area (Å²) in [4.78, 5) is 34.4. The van der Waals surface area contributed by atoms with Crippen LogP contribution in [0.2, 0.25) is 0 Å². The van der Waals surface area contributed by atoms with Crippen LogP contribution in [-0.4, -0.2) is 39.7 Å². The molecular weight excluding hydrogens is 513 g/mol. The molecule has 2 amide bonds. The minimum Gasteiger partial charge on any atom is -0.361 e. The van der Waals surface area contributed by atoms with E-state index in [2.05, 4.69) is 11.1 Å². The van der Waals surface area contributed by atoms with Crippen LogP contribution in [0, 0.1) is 19.7 Å². The molecule has 6 heteroatoms. The Morgan fingerprint density at radius 2 is 1.39 bits per heavy atom. The molecule has 0 atom stereocenters. The molecule has 1 N–H and O–H groups in total. The molecule has 5 nitrogen and oxygen atoms in total. The fourth-order valence-electron chi connectivity index (χ4n) is 5.06. The van der Waals surface area contributed by atoms with Crippen molar-refractivity contribution in [2.75, 3.05) is 13.1 Å². The van der Waals surface area contributed by atoms with Crippen molar-refractivity contribution in [3.63, 3.8) is 0 Å². The molecule has 0 saturated carbocycles. The van der Waals surface area contributed by atoms with Gasteiger partial charge < -0.3 is 14.8 Å². The van der Waals surface area contributed by atoms with Gasteiger partial charge in [0.15, 0.2) is 0 Å². The Morgan fingerprint density at radius 1 is 0.756 bits per heavy atom. The second kappa shape index (κ2) is 12.6. The first-order chi connectivity index (χ1) is 19.9. The second-order valence-corrected chi connectivity index (χ2v) is 10.5. The number of aromatic amines is 1. The fraction of sp³-hybridized carbons (Fsp3) is 0.200. The van der Waals surface area contributed by atoms with Crippen LogP contribution in [0.15, 0.2) is 103 Å². The average molecular weight is 548 g/mol. The zero-order valence-corrected chi connectivity index (χ0v) is 23.4. The molecule has 1 heterocycles. The predicted molar refractivity (Wildman–Crippen MR) is 161 cm³/mol. The Bertz CT molecular complexity index is 1640. The van der Waals surface area contributed by atoms with E-state index in [-0.39, 0.29) is 30.7 Å². The Morgan fingerprint density at radius 3 is 2.12 bits per heavy atom. The minimum absolute atomic E-state index is 0.0930. The highest BCUT2D eigenvalue weighted by Crippen LogP contribution is 2.20. The third-order valence-corrected chi connectivity index (χ3v) is 7.45. The maximum absolute atomic E-state index is 14.0. The van der Waals surface area contributed by atoms with Crippen molar-refractivity contribution < 1.29 is 14.0 Å². The van der Waals surface area contributed by atoms with Gasteiger partial charge in [0, 0.05) is 42.3 Å². The number of benzene rings is 4. The van der Waals surface area contributed by atoms with Crippen LogP contribution < -0.4 is 0 Å². The topological polar surface area (TPSA) is 56.4 Å². The largest absolute Gasteiger partial charge is 0.361 e. The number of aryl methyl sites for hydroxylation is 2. The van der Waals surface area contributed by atoms with E-state index in [1.54, 1.807) is 23.1 Å². The smallest absolute Gasteiger partial charge is 0.254 e. The normalized spacial score (nSPS) is 11.0. The number of fused-ring (bicyclic) bond motifs is 1. The number of carbonyl (C=O) groups excluding carboxylic acids is 2. The van der Waals surface area contributed by atoms with Gasteiger partial charge in [0.2, 0.25) is 5.91 Å². The van der Waals surface area contributed by atoms with Crippen LogP contribution in [-0.2, 0) is 24.3 Å². The summed E-state index contributed by atoms with van der Waals surface area (Å²) in [6.07, 6.45) is 2.67. The Kier molecular flexibility index (Phi) is 8.59. The Labute approximate surface area is 240 Å². The summed E-state index contributed by atoms with van der Waals surface area (Å²) in [5.74, 6) is -0.717. The summed E-state index contributed by atoms with van der Waals surface area (Å²) in [6, 6.07) is 29.7. The highest BCUT2D eigenvalue weighted by Gasteiger charge is 2.24. The van der Waals surface area contributed by atoms with Crippen LogP contribution in [0.3, 0.4) is 0 Å². The zero-order valence-electron chi connectivity index (χ0n) is 23.4. The number of H-pyrrole nitrogens is 1. The van der Waals surface area contributed by atoms with Crippen LogP contribution in [0.25, 0.3) is 10.9 Å². The van der Waals surface area contributed by atoms with Crippen molar-refractivity contribution in [3.8, 4) is 0 Å². The third kappa shape index (κ3) is 6.90. The SMILES string of the molecule is Cc1ccc(CN(CCc2c[nH]c3ccccc23)C(=O)CN(Cc2ccc(F)cc2)C(=O)c2ccccc2C)cc1. The third-order valence-electron chi connectivity index (χ3n) is 7.45. The molecular formula is C35H34FN3O2. The van der Waals surface area contributed by atoms with E-state index >= 15 is 0 Å². The van der Waals surface area contributed by atoms with Gasteiger partial charge in [-0.15, -0.1) is 0 Å². The van der Waals surface area contributed by atoms with Crippen molar-refractivity contribution in [2.24, 2.45) is 0 Å². The van der Waals surface area contributed by atoms with Gasteiger partial charge in [-0.2, -0.15) is 0 Å². The molecule has 0 bridgehead atoms. The van der Waals surface area contributed by atoms with Gasteiger partial charge in [0.1, 0.15) is 12.4 Å².